The summed E-state index contributed by atoms with van der Waals surface area (Å²) >= 11 is 1.42. The van der Waals surface area contributed by atoms with Crippen molar-refractivity contribution in [3.8, 4) is 22.6 Å². The Hall–Kier alpha value is -7.70. The van der Waals surface area contributed by atoms with Gasteiger partial charge >= 0.3 is 5.97 Å². The number of benzene rings is 4. The lowest BCUT2D eigenvalue weighted by molar-refractivity contribution is -0.134. The van der Waals surface area contributed by atoms with Crippen LogP contribution in [-0.2, 0) is 34.4 Å². The number of rotatable bonds is 15. The molecule has 3 aromatic heterocycles. The normalized spacial score (nSPS) is 16.4. The van der Waals surface area contributed by atoms with Crippen molar-refractivity contribution in [1.82, 2.24) is 30.0 Å². The molecular weight excluding hydrogens is 935 g/mol. The van der Waals surface area contributed by atoms with Crippen molar-refractivity contribution in [2.75, 3.05) is 55.4 Å². The number of pyridine rings is 1. The smallest absolute Gasteiger partial charge is 0.355 e. The summed E-state index contributed by atoms with van der Waals surface area (Å²) in [7, 11) is 3.30. The number of aromatic carboxylic acids is 1. The summed E-state index contributed by atoms with van der Waals surface area (Å²) in [6.45, 7) is 5.27. The summed E-state index contributed by atoms with van der Waals surface area (Å²) in [5.74, 6) is -0.580. The molecule has 72 heavy (non-hydrogen) atoms. The van der Waals surface area contributed by atoms with Gasteiger partial charge in [0.1, 0.15) is 17.1 Å². The van der Waals surface area contributed by atoms with Crippen LogP contribution in [0.15, 0.2) is 84.9 Å². The molecule has 18 heteroatoms. The Kier molecular flexibility index (Phi) is 13.7. The SMILES string of the molecule is COc1c(NC(=O)CN2CCC(CCCOc3cccc(-c4ccc(N5CCc6cccc(C(=O)Nc7nc8ccccc8s7)c6C5)nc4C(=O)O)c3C)CC2)ccc2c(C3CCC(=O)NC3=O)nn(C)c12. The largest absolute Gasteiger partial charge is 0.493 e. The second kappa shape index (κ2) is 20.6. The van der Waals surface area contributed by atoms with Gasteiger partial charge in [-0.25, -0.2) is 14.8 Å². The zero-order valence-electron chi connectivity index (χ0n) is 40.3. The number of carboxylic acid groups (broad SMARTS) is 1. The van der Waals surface area contributed by atoms with E-state index >= 15 is 0 Å². The number of nitrogens with one attached hydrogen (secondary N) is 3. The number of carbonyl (C=O) groups is 5. The Morgan fingerprint density at radius 2 is 1.71 bits per heavy atom. The number of hydrogen-bond acceptors (Lipinski definition) is 13. The molecule has 0 saturated carbocycles. The van der Waals surface area contributed by atoms with Gasteiger partial charge in [0, 0.05) is 43.1 Å². The molecule has 2 saturated heterocycles. The number of thiazole rings is 1. The van der Waals surface area contributed by atoms with Crippen molar-refractivity contribution in [3.63, 3.8) is 0 Å². The van der Waals surface area contributed by atoms with Gasteiger partial charge in [0.2, 0.25) is 17.7 Å². The highest BCUT2D eigenvalue weighted by Gasteiger charge is 2.33. The third kappa shape index (κ3) is 9.83. The number of methoxy groups -OCH3 is 1. The molecule has 6 heterocycles. The van der Waals surface area contributed by atoms with E-state index in [-0.39, 0.29) is 42.3 Å². The summed E-state index contributed by atoms with van der Waals surface area (Å²) in [4.78, 5) is 77.7. The van der Waals surface area contributed by atoms with Crippen molar-refractivity contribution in [2.24, 2.45) is 13.0 Å². The highest BCUT2D eigenvalue weighted by atomic mass is 32.1. The lowest BCUT2D eigenvalue weighted by Gasteiger charge is -2.31. The highest BCUT2D eigenvalue weighted by Crippen LogP contribution is 2.39. The maximum atomic E-state index is 13.6. The van der Waals surface area contributed by atoms with Crippen LogP contribution < -0.4 is 30.3 Å². The summed E-state index contributed by atoms with van der Waals surface area (Å²) in [6, 6.07) is 26.4. The topological polar surface area (TPSA) is 210 Å². The number of anilines is 3. The van der Waals surface area contributed by atoms with Gasteiger partial charge in [-0.05, 0) is 135 Å². The number of hydrogen-bond donors (Lipinski definition) is 4. The molecule has 2 fully saturated rings. The maximum absolute atomic E-state index is 13.6. The average molecular weight is 990 g/mol. The second-order valence-electron chi connectivity index (χ2n) is 18.7. The van der Waals surface area contributed by atoms with E-state index in [0.717, 1.165) is 76.6 Å². The highest BCUT2D eigenvalue weighted by molar-refractivity contribution is 7.22. The van der Waals surface area contributed by atoms with E-state index in [1.807, 2.05) is 90.7 Å². The predicted molar refractivity (Wildman–Crippen MR) is 275 cm³/mol. The van der Waals surface area contributed by atoms with Crippen molar-refractivity contribution in [1.29, 1.82) is 0 Å². The summed E-state index contributed by atoms with van der Waals surface area (Å²) in [5.41, 5.74) is 7.06. The first-order valence-electron chi connectivity index (χ1n) is 24.3. The lowest BCUT2D eigenvalue weighted by atomic mass is 9.92. The molecule has 0 spiro atoms. The Balaban J connectivity index is 0.717. The third-order valence-electron chi connectivity index (χ3n) is 14.1. The van der Waals surface area contributed by atoms with Gasteiger partial charge < -0.3 is 24.8 Å². The number of fused-ring (bicyclic) bond motifs is 3. The van der Waals surface area contributed by atoms with Gasteiger partial charge in [-0.3, -0.25) is 39.4 Å². The zero-order chi connectivity index (χ0) is 50.0. The lowest BCUT2D eigenvalue weighted by Crippen LogP contribution is -2.39. The molecule has 4 aromatic carbocycles. The molecule has 370 valence electrons. The molecule has 1 atom stereocenters. The summed E-state index contributed by atoms with van der Waals surface area (Å²) in [5, 5.41) is 24.8. The molecule has 10 rings (SSSR count). The zero-order valence-corrected chi connectivity index (χ0v) is 41.1. The molecule has 0 radical (unpaired) electrons. The van der Waals surface area contributed by atoms with Crippen LogP contribution in [0.5, 0.6) is 11.5 Å². The molecule has 1 unspecified atom stereocenters. The number of para-hydroxylation sites is 1. The fourth-order valence-corrected chi connectivity index (χ4v) is 11.3. The Bertz CT molecular complexity index is 3240. The Morgan fingerprint density at radius 3 is 2.50 bits per heavy atom. The monoisotopic (exact) mass is 989 g/mol. The van der Waals surface area contributed by atoms with Gasteiger partial charge in [0.15, 0.2) is 16.6 Å². The quantitative estimate of drug-likeness (QED) is 0.0566. The Morgan fingerprint density at radius 1 is 0.889 bits per heavy atom. The number of aryl methyl sites for hydroxylation is 1. The van der Waals surface area contributed by atoms with E-state index in [9.17, 15) is 29.1 Å². The predicted octanol–water partition coefficient (Wildman–Crippen LogP) is 8.11. The average Bonchev–Trinajstić information content (AvgIpc) is 3.95. The van der Waals surface area contributed by atoms with E-state index in [0.29, 0.717) is 88.9 Å². The first-order chi connectivity index (χ1) is 34.9. The van der Waals surface area contributed by atoms with Crippen LogP contribution in [0, 0.1) is 12.8 Å². The van der Waals surface area contributed by atoms with Gasteiger partial charge in [-0.15, -0.1) is 0 Å². The number of imide groups is 1. The molecule has 7 aromatic rings. The van der Waals surface area contributed by atoms with Crippen LogP contribution >= 0.6 is 11.3 Å². The first kappa shape index (κ1) is 48.0. The van der Waals surface area contributed by atoms with Crippen molar-refractivity contribution < 1.29 is 38.6 Å². The minimum absolute atomic E-state index is 0.0581. The fraction of sp³-hybridized carbons (Fsp3) is 0.333. The van der Waals surface area contributed by atoms with Crippen LogP contribution in [0.1, 0.15) is 87.7 Å². The van der Waals surface area contributed by atoms with Gasteiger partial charge in [-0.2, -0.15) is 5.10 Å². The standard InChI is InChI=1S/C54H55N9O8S/c1-31-34(35-17-20-44(57-48(35)53(68)69)63-27-24-33-10-6-12-36(39(33)29-63)51(66)59-54-56-40-13-4-5-15-43(40)72-54)11-7-14-42(31)71-28-8-9-32-22-25-62(26-23-32)30-46(65)55-41-19-16-37-47(38-18-21-45(64)58-52(38)67)60-61(2)49(37)50(41)70-3/h4-7,10-17,19-20,32,38H,8-9,18,21-30H2,1-3H3,(H,55,65)(H,68,69)(H,56,59,66)(H,58,64,67). The molecule has 3 aliphatic rings. The van der Waals surface area contributed by atoms with Gasteiger partial charge in [-0.1, -0.05) is 47.7 Å². The molecule has 0 bridgehead atoms. The first-order valence-corrected chi connectivity index (χ1v) is 25.1. The second-order valence-corrected chi connectivity index (χ2v) is 19.7. The van der Waals surface area contributed by atoms with E-state index in [2.05, 4.69) is 30.9 Å². The van der Waals surface area contributed by atoms with Crippen molar-refractivity contribution in [3.05, 3.63) is 119 Å². The number of likely N-dealkylation sites (tertiary alicyclic amines) is 1. The van der Waals surface area contributed by atoms with Crippen LogP contribution in [0.3, 0.4) is 0 Å². The number of aromatic nitrogens is 4. The number of amides is 4. The third-order valence-corrected chi connectivity index (χ3v) is 15.1. The Labute approximate surface area is 419 Å². The summed E-state index contributed by atoms with van der Waals surface area (Å²) < 4.78 is 14.7. The van der Waals surface area contributed by atoms with E-state index in [4.69, 9.17) is 14.5 Å². The molecule has 0 aliphatic carbocycles. The maximum Gasteiger partial charge on any atom is 0.355 e. The number of carbonyl (C=O) groups excluding carboxylic acids is 4. The van der Waals surface area contributed by atoms with E-state index < -0.39 is 11.9 Å². The molecule has 4 N–H and O–H groups in total. The number of ether oxygens (including phenoxy) is 2. The van der Waals surface area contributed by atoms with Crippen molar-refractivity contribution in [2.45, 2.75) is 64.3 Å². The van der Waals surface area contributed by atoms with Crippen molar-refractivity contribution >= 4 is 78.7 Å². The van der Waals surface area contributed by atoms with Gasteiger partial charge in [0.05, 0.1) is 47.8 Å². The number of carboxylic acids is 1. The molecule has 3 aliphatic heterocycles. The van der Waals surface area contributed by atoms with Crippen LogP contribution in [0.2, 0.25) is 0 Å². The van der Waals surface area contributed by atoms with Crippen LogP contribution in [0.25, 0.3) is 32.2 Å². The molecule has 17 nitrogen and oxygen atoms in total. The number of nitrogens with zero attached hydrogens (tertiary/aromatic N) is 6. The summed E-state index contributed by atoms with van der Waals surface area (Å²) in [6.07, 6.45) is 5.04. The minimum Gasteiger partial charge on any atom is -0.493 e. The molecule has 4 amide bonds. The molecular formula is C54H55N9O8S. The van der Waals surface area contributed by atoms with E-state index in [1.54, 1.807) is 17.8 Å². The minimum atomic E-state index is -1.14. The fourth-order valence-electron chi connectivity index (χ4n) is 10.4. The van der Waals surface area contributed by atoms with Crippen LogP contribution in [-0.4, -0.2) is 99.2 Å². The number of piperidine rings is 2. The van der Waals surface area contributed by atoms with Gasteiger partial charge in [0.25, 0.3) is 5.91 Å². The van der Waals surface area contributed by atoms with Crippen LogP contribution in [0.4, 0.5) is 16.6 Å². The van der Waals surface area contributed by atoms with E-state index in [1.165, 1.54) is 18.4 Å².